The highest BCUT2D eigenvalue weighted by atomic mass is 32.2. The minimum atomic E-state index is -0.292. The molecule has 0 radical (unpaired) electrons. The van der Waals surface area contributed by atoms with Crippen LogP contribution in [0, 0.1) is 5.82 Å². The number of anilines is 1. The fraction of sp³-hybridized carbons (Fsp3) is 0.0833. The highest BCUT2D eigenvalue weighted by Gasteiger charge is 2.08. The van der Waals surface area contributed by atoms with E-state index in [1.54, 1.807) is 12.4 Å². The van der Waals surface area contributed by atoms with E-state index in [4.69, 9.17) is 5.73 Å². The summed E-state index contributed by atoms with van der Waals surface area (Å²) in [6, 6.07) is 4.35. The van der Waals surface area contributed by atoms with E-state index in [9.17, 15) is 4.39 Å². The zero-order chi connectivity index (χ0) is 13.2. The maximum atomic E-state index is 13.2. The Kier molecular flexibility index (Phi) is 3.04. The number of aromatic nitrogens is 4. The van der Waals surface area contributed by atoms with Gasteiger partial charge in [-0.15, -0.1) is 0 Å². The average molecular weight is 275 g/mol. The second-order valence-corrected chi connectivity index (χ2v) is 4.88. The van der Waals surface area contributed by atoms with Crippen molar-refractivity contribution in [3.8, 4) is 0 Å². The number of hydrogen-bond acceptors (Lipinski definition) is 5. The van der Waals surface area contributed by atoms with E-state index in [0.717, 1.165) is 16.1 Å². The summed E-state index contributed by atoms with van der Waals surface area (Å²) in [6.45, 7) is 0. The van der Waals surface area contributed by atoms with E-state index >= 15 is 0 Å². The van der Waals surface area contributed by atoms with Crippen LogP contribution >= 0.6 is 11.8 Å². The van der Waals surface area contributed by atoms with Gasteiger partial charge in [0, 0.05) is 11.4 Å². The number of imidazole rings is 1. The first-order valence-corrected chi connectivity index (χ1v) is 6.53. The molecule has 0 saturated carbocycles. The molecule has 3 aromatic rings. The number of thioether (sulfide) groups is 1. The van der Waals surface area contributed by atoms with Crippen LogP contribution in [0.15, 0.2) is 35.9 Å². The molecule has 3 rings (SSSR count). The Morgan fingerprint density at radius 2 is 2.16 bits per heavy atom. The van der Waals surface area contributed by atoms with Crippen LogP contribution in [0.4, 0.5) is 10.1 Å². The molecule has 3 N–H and O–H groups in total. The Balaban J connectivity index is 1.86. The smallest absolute Gasteiger partial charge is 0.181 e. The van der Waals surface area contributed by atoms with Gasteiger partial charge in [-0.2, -0.15) is 0 Å². The van der Waals surface area contributed by atoms with E-state index in [1.807, 2.05) is 0 Å². The van der Waals surface area contributed by atoms with Crippen LogP contribution in [0.2, 0.25) is 0 Å². The van der Waals surface area contributed by atoms with Gasteiger partial charge in [0.2, 0.25) is 0 Å². The van der Waals surface area contributed by atoms with Crippen molar-refractivity contribution in [2.45, 2.75) is 10.8 Å². The van der Waals surface area contributed by atoms with E-state index in [-0.39, 0.29) is 5.82 Å². The van der Waals surface area contributed by atoms with Crippen molar-refractivity contribution in [1.29, 1.82) is 0 Å². The molecule has 0 aliphatic heterocycles. The first-order valence-electron chi connectivity index (χ1n) is 5.55. The number of benzene rings is 1. The summed E-state index contributed by atoms with van der Waals surface area (Å²) in [4.78, 5) is 15.3. The molecular formula is C12H10FN5S. The lowest BCUT2D eigenvalue weighted by Gasteiger charge is -2.05. The Morgan fingerprint density at radius 1 is 1.26 bits per heavy atom. The number of aromatic amines is 1. The van der Waals surface area contributed by atoms with Crippen LogP contribution in [0.5, 0.6) is 0 Å². The number of H-pyrrole nitrogens is 1. The molecule has 0 saturated heterocycles. The number of hydrogen-bond donors (Lipinski definition) is 2. The summed E-state index contributed by atoms with van der Waals surface area (Å²) in [5.74, 6) is 0.244. The van der Waals surface area contributed by atoms with Gasteiger partial charge in [0.05, 0.1) is 6.33 Å². The summed E-state index contributed by atoms with van der Waals surface area (Å²) in [5, 5.41) is 0.770. The fourth-order valence-corrected chi connectivity index (χ4v) is 2.66. The third-order valence-corrected chi connectivity index (χ3v) is 3.70. The van der Waals surface area contributed by atoms with Crippen molar-refractivity contribution in [3.05, 3.63) is 42.2 Å². The highest BCUT2D eigenvalue weighted by molar-refractivity contribution is 7.98. The number of fused-ring (bicyclic) bond motifs is 1. The lowest BCUT2D eigenvalue weighted by molar-refractivity contribution is 0.627. The van der Waals surface area contributed by atoms with Gasteiger partial charge in [0.25, 0.3) is 0 Å². The Labute approximate surface area is 112 Å². The minimum Gasteiger partial charge on any atom is -0.398 e. The van der Waals surface area contributed by atoms with E-state index in [2.05, 4.69) is 19.9 Å². The van der Waals surface area contributed by atoms with Gasteiger partial charge < -0.3 is 10.7 Å². The first kappa shape index (κ1) is 11.9. The van der Waals surface area contributed by atoms with Crippen LogP contribution in [0.25, 0.3) is 11.2 Å². The summed E-state index contributed by atoms with van der Waals surface area (Å²) in [6.07, 6.45) is 3.03. The largest absolute Gasteiger partial charge is 0.398 e. The van der Waals surface area contributed by atoms with E-state index in [1.165, 1.54) is 30.2 Å². The average Bonchev–Trinajstić information content (AvgIpc) is 2.88. The molecule has 19 heavy (non-hydrogen) atoms. The third-order valence-electron chi connectivity index (χ3n) is 2.66. The predicted molar refractivity (Wildman–Crippen MR) is 72.1 cm³/mol. The molecule has 0 aliphatic rings. The fourth-order valence-electron chi connectivity index (χ4n) is 1.70. The Hall–Kier alpha value is -2.15. The van der Waals surface area contributed by atoms with Crippen LogP contribution in [-0.2, 0) is 5.75 Å². The number of nitrogens with two attached hydrogens (primary N) is 1. The second-order valence-electron chi connectivity index (χ2n) is 3.91. The summed E-state index contributed by atoms with van der Waals surface area (Å²) >= 11 is 1.46. The number of nitrogens with one attached hydrogen (secondary N) is 1. The molecule has 2 heterocycles. The lowest BCUT2D eigenvalue weighted by atomic mass is 10.2. The molecule has 7 heteroatoms. The van der Waals surface area contributed by atoms with Gasteiger partial charge in [-0.1, -0.05) is 11.8 Å². The maximum Gasteiger partial charge on any atom is 0.181 e. The van der Waals surface area contributed by atoms with Gasteiger partial charge >= 0.3 is 0 Å². The van der Waals surface area contributed by atoms with E-state index < -0.39 is 0 Å². The van der Waals surface area contributed by atoms with Crippen molar-refractivity contribution in [2.75, 3.05) is 5.73 Å². The van der Waals surface area contributed by atoms with Gasteiger partial charge in [-0.3, -0.25) is 0 Å². The maximum absolute atomic E-state index is 13.2. The monoisotopic (exact) mass is 275 g/mol. The predicted octanol–water partition coefficient (Wildman–Crippen LogP) is 2.37. The second kappa shape index (κ2) is 4.85. The molecular weight excluding hydrogens is 265 g/mol. The lowest BCUT2D eigenvalue weighted by Crippen LogP contribution is -1.94. The molecule has 0 fully saturated rings. The molecule has 0 aliphatic carbocycles. The highest BCUT2D eigenvalue weighted by Crippen LogP contribution is 2.27. The molecule has 5 nitrogen and oxygen atoms in total. The third kappa shape index (κ3) is 2.37. The van der Waals surface area contributed by atoms with Crippen LogP contribution in [0.1, 0.15) is 5.56 Å². The molecule has 2 aromatic heterocycles. The molecule has 0 unspecified atom stereocenters. The van der Waals surface area contributed by atoms with Crippen molar-refractivity contribution < 1.29 is 4.39 Å². The SMILES string of the molecule is Nc1ccc(F)cc1CSc1ncnc2nc[nH]c12. The number of halogens is 1. The first-order chi connectivity index (χ1) is 9.24. The molecule has 0 spiro atoms. The van der Waals surface area contributed by atoms with Crippen LogP contribution in [0.3, 0.4) is 0 Å². The number of rotatable bonds is 3. The molecule has 96 valence electrons. The molecule has 0 bridgehead atoms. The summed E-state index contributed by atoms with van der Waals surface area (Å²) in [5.41, 5.74) is 8.53. The van der Waals surface area contributed by atoms with Gasteiger partial charge in [0.1, 0.15) is 22.7 Å². The van der Waals surface area contributed by atoms with Gasteiger partial charge in [-0.05, 0) is 23.8 Å². The van der Waals surface area contributed by atoms with Gasteiger partial charge in [-0.25, -0.2) is 19.3 Å². The molecule has 1 aromatic carbocycles. The van der Waals surface area contributed by atoms with Crippen LogP contribution in [-0.4, -0.2) is 19.9 Å². The molecule has 0 amide bonds. The Bertz CT molecular complexity index is 727. The van der Waals surface area contributed by atoms with Crippen molar-refractivity contribution >= 4 is 28.6 Å². The van der Waals surface area contributed by atoms with Crippen molar-refractivity contribution in [1.82, 2.24) is 19.9 Å². The van der Waals surface area contributed by atoms with E-state index in [0.29, 0.717) is 17.1 Å². The zero-order valence-corrected chi connectivity index (χ0v) is 10.6. The van der Waals surface area contributed by atoms with Crippen molar-refractivity contribution in [2.24, 2.45) is 0 Å². The topological polar surface area (TPSA) is 80.5 Å². The van der Waals surface area contributed by atoms with Crippen LogP contribution < -0.4 is 5.73 Å². The zero-order valence-electron chi connectivity index (χ0n) is 9.80. The number of nitrogen functional groups attached to an aromatic ring is 1. The standard InChI is InChI=1S/C12H10FN5S/c13-8-1-2-9(14)7(3-8)4-19-12-10-11(16-5-15-10)17-6-18-12/h1-3,5-6H,4,14H2,(H,15,16,17,18). The molecule has 0 atom stereocenters. The van der Waals surface area contributed by atoms with Gasteiger partial charge in [0.15, 0.2) is 5.65 Å². The normalized spacial score (nSPS) is 11.0. The number of nitrogens with zero attached hydrogens (tertiary/aromatic N) is 3. The van der Waals surface area contributed by atoms with Crippen molar-refractivity contribution in [3.63, 3.8) is 0 Å². The summed E-state index contributed by atoms with van der Waals surface area (Å²) in [7, 11) is 0. The summed E-state index contributed by atoms with van der Waals surface area (Å²) < 4.78 is 13.2. The Morgan fingerprint density at radius 3 is 3.05 bits per heavy atom. The minimum absolute atomic E-state index is 0.292. The quantitative estimate of drug-likeness (QED) is 0.436.